The largest absolute Gasteiger partial charge is 0.508 e. The minimum atomic E-state index is 0.312. The smallest absolute Gasteiger partial charge is 0.191 e. The number of aromatic hydroxyl groups is 1. The molecule has 0 amide bonds. The van der Waals surface area contributed by atoms with E-state index < -0.39 is 0 Å². The van der Waals surface area contributed by atoms with Gasteiger partial charge in [-0.05, 0) is 64.2 Å². The molecule has 1 aliphatic rings. The Balaban J connectivity index is 1.68. The number of likely N-dealkylation sites (tertiary alicyclic amines) is 1. The number of hydrogen-bond acceptors (Lipinski definition) is 4. The monoisotopic (exact) mass is 390 g/mol. The van der Waals surface area contributed by atoms with Gasteiger partial charge in [0.2, 0.25) is 0 Å². The predicted molar refractivity (Wildman–Crippen MR) is 116 cm³/mol. The van der Waals surface area contributed by atoms with Crippen LogP contribution in [-0.4, -0.2) is 67.4 Å². The standard InChI is InChI=1S/C22H38N4O2/c1-4-23-22(24-13-5-6-19-7-9-21(27)10-8-19)25-20-11-14-26(15-12-20)16-17-28-18(2)3/h7-10,18,20,27H,4-6,11-17H2,1-3H3,(H2,23,24,25). The van der Waals surface area contributed by atoms with Crippen molar-refractivity contribution >= 4 is 5.96 Å². The first-order valence-corrected chi connectivity index (χ1v) is 10.7. The van der Waals surface area contributed by atoms with Gasteiger partial charge >= 0.3 is 0 Å². The Morgan fingerprint density at radius 2 is 1.96 bits per heavy atom. The fraction of sp³-hybridized carbons (Fsp3) is 0.682. The number of rotatable bonds is 10. The molecule has 1 aliphatic heterocycles. The Morgan fingerprint density at radius 1 is 1.25 bits per heavy atom. The van der Waals surface area contributed by atoms with Crippen LogP contribution < -0.4 is 10.6 Å². The van der Waals surface area contributed by atoms with Gasteiger partial charge in [-0.25, -0.2) is 0 Å². The molecule has 3 N–H and O–H groups in total. The molecule has 28 heavy (non-hydrogen) atoms. The van der Waals surface area contributed by atoms with Gasteiger partial charge < -0.3 is 25.4 Å². The third-order valence-electron chi connectivity index (χ3n) is 4.96. The van der Waals surface area contributed by atoms with Crippen LogP contribution in [-0.2, 0) is 11.2 Å². The molecule has 0 bridgehead atoms. The van der Waals surface area contributed by atoms with Crippen LogP contribution >= 0.6 is 0 Å². The number of nitrogens with zero attached hydrogens (tertiary/aromatic N) is 2. The lowest BCUT2D eigenvalue weighted by Crippen LogP contribution is -2.49. The molecule has 0 unspecified atom stereocenters. The molecule has 1 saturated heterocycles. The number of aryl methyl sites for hydroxylation is 1. The number of benzene rings is 1. The van der Waals surface area contributed by atoms with Gasteiger partial charge in [0.15, 0.2) is 5.96 Å². The first-order chi connectivity index (χ1) is 13.6. The molecule has 1 fully saturated rings. The lowest BCUT2D eigenvalue weighted by atomic mass is 10.1. The Kier molecular flexibility index (Phi) is 10.1. The molecule has 0 atom stereocenters. The highest BCUT2D eigenvalue weighted by Crippen LogP contribution is 2.12. The van der Waals surface area contributed by atoms with Gasteiger partial charge in [0, 0.05) is 38.8 Å². The number of guanidine groups is 1. The van der Waals surface area contributed by atoms with Crippen LogP contribution in [0.3, 0.4) is 0 Å². The second kappa shape index (κ2) is 12.6. The molecule has 2 rings (SSSR count). The predicted octanol–water partition coefficient (Wildman–Crippen LogP) is 2.77. The fourth-order valence-electron chi connectivity index (χ4n) is 3.37. The van der Waals surface area contributed by atoms with Crippen LogP contribution in [0.4, 0.5) is 0 Å². The van der Waals surface area contributed by atoms with Gasteiger partial charge in [0.05, 0.1) is 12.7 Å². The van der Waals surface area contributed by atoms with Crippen molar-refractivity contribution in [2.75, 3.05) is 39.3 Å². The summed E-state index contributed by atoms with van der Waals surface area (Å²) >= 11 is 0. The molecule has 1 aromatic rings. The highest BCUT2D eigenvalue weighted by atomic mass is 16.5. The molecule has 0 saturated carbocycles. The Hall–Kier alpha value is -1.79. The summed E-state index contributed by atoms with van der Waals surface area (Å²) in [5.41, 5.74) is 1.24. The van der Waals surface area contributed by atoms with E-state index in [9.17, 15) is 5.11 Å². The van der Waals surface area contributed by atoms with E-state index in [4.69, 9.17) is 9.73 Å². The molecule has 1 aromatic carbocycles. The average Bonchev–Trinajstić information content (AvgIpc) is 2.68. The first kappa shape index (κ1) is 22.5. The zero-order valence-corrected chi connectivity index (χ0v) is 17.8. The lowest BCUT2D eigenvalue weighted by Gasteiger charge is -2.33. The quantitative estimate of drug-likeness (QED) is 0.326. The highest BCUT2D eigenvalue weighted by molar-refractivity contribution is 5.80. The van der Waals surface area contributed by atoms with Crippen molar-refractivity contribution in [1.82, 2.24) is 15.5 Å². The van der Waals surface area contributed by atoms with Gasteiger partial charge in [-0.3, -0.25) is 4.99 Å². The van der Waals surface area contributed by atoms with E-state index in [1.165, 1.54) is 5.56 Å². The van der Waals surface area contributed by atoms with Crippen LogP contribution in [0.5, 0.6) is 5.75 Å². The Labute approximate surface area is 170 Å². The molecule has 0 aliphatic carbocycles. The number of phenols is 1. The van der Waals surface area contributed by atoms with Crippen LogP contribution in [0.1, 0.15) is 45.6 Å². The van der Waals surface area contributed by atoms with E-state index in [1.807, 2.05) is 12.1 Å². The van der Waals surface area contributed by atoms with Crippen LogP contribution in [0, 0.1) is 0 Å². The van der Waals surface area contributed by atoms with Gasteiger partial charge in [-0.2, -0.15) is 0 Å². The number of piperidine rings is 1. The summed E-state index contributed by atoms with van der Waals surface area (Å²) in [6, 6.07) is 7.92. The molecular formula is C22H38N4O2. The summed E-state index contributed by atoms with van der Waals surface area (Å²) < 4.78 is 5.66. The second-order valence-corrected chi connectivity index (χ2v) is 7.71. The summed E-state index contributed by atoms with van der Waals surface area (Å²) in [7, 11) is 0. The topological polar surface area (TPSA) is 69.1 Å². The van der Waals surface area contributed by atoms with Crippen molar-refractivity contribution in [3.63, 3.8) is 0 Å². The maximum atomic E-state index is 9.35. The highest BCUT2D eigenvalue weighted by Gasteiger charge is 2.19. The van der Waals surface area contributed by atoms with Crippen LogP contribution in [0.2, 0.25) is 0 Å². The molecule has 6 nitrogen and oxygen atoms in total. The molecule has 1 heterocycles. The minimum Gasteiger partial charge on any atom is -0.508 e. The lowest BCUT2D eigenvalue weighted by molar-refractivity contribution is 0.0532. The fourth-order valence-corrected chi connectivity index (χ4v) is 3.37. The Morgan fingerprint density at radius 3 is 2.61 bits per heavy atom. The maximum Gasteiger partial charge on any atom is 0.191 e. The molecule has 158 valence electrons. The molecule has 6 heteroatoms. The Bertz CT molecular complexity index is 566. The van der Waals surface area contributed by atoms with E-state index in [2.05, 4.69) is 36.3 Å². The van der Waals surface area contributed by atoms with Crippen molar-refractivity contribution in [1.29, 1.82) is 0 Å². The van der Waals surface area contributed by atoms with Gasteiger partial charge in [-0.15, -0.1) is 0 Å². The van der Waals surface area contributed by atoms with Crippen molar-refractivity contribution in [3.8, 4) is 5.75 Å². The van der Waals surface area contributed by atoms with Gasteiger partial charge in [0.25, 0.3) is 0 Å². The number of phenolic OH excluding ortho intramolecular Hbond substituents is 1. The second-order valence-electron chi connectivity index (χ2n) is 7.71. The maximum absolute atomic E-state index is 9.35. The summed E-state index contributed by atoms with van der Waals surface area (Å²) in [4.78, 5) is 7.23. The number of ether oxygens (including phenoxy) is 1. The minimum absolute atomic E-state index is 0.312. The van der Waals surface area contributed by atoms with Crippen molar-refractivity contribution < 1.29 is 9.84 Å². The van der Waals surface area contributed by atoms with E-state index >= 15 is 0 Å². The van der Waals surface area contributed by atoms with Crippen molar-refractivity contribution in [2.45, 2.75) is 58.6 Å². The number of aliphatic imine (C=N–C) groups is 1. The summed E-state index contributed by atoms with van der Waals surface area (Å²) in [6.07, 6.45) is 4.56. The van der Waals surface area contributed by atoms with Crippen LogP contribution in [0.25, 0.3) is 0 Å². The third kappa shape index (κ3) is 8.93. The summed E-state index contributed by atoms with van der Waals surface area (Å²) in [5, 5.41) is 16.3. The normalized spacial score (nSPS) is 16.5. The summed E-state index contributed by atoms with van der Waals surface area (Å²) in [6.45, 7) is 12.0. The first-order valence-electron chi connectivity index (χ1n) is 10.7. The van der Waals surface area contributed by atoms with Crippen molar-refractivity contribution in [2.24, 2.45) is 4.99 Å². The van der Waals surface area contributed by atoms with Crippen LogP contribution in [0.15, 0.2) is 29.3 Å². The van der Waals surface area contributed by atoms with E-state index in [0.29, 0.717) is 17.9 Å². The van der Waals surface area contributed by atoms with E-state index in [0.717, 1.165) is 71.0 Å². The average molecular weight is 391 g/mol. The number of nitrogens with one attached hydrogen (secondary N) is 2. The molecule has 0 spiro atoms. The molecular weight excluding hydrogens is 352 g/mol. The zero-order valence-electron chi connectivity index (χ0n) is 17.8. The van der Waals surface area contributed by atoms with Gasteiger partial charge in [-0.1, -0.05) is 12.1 Å². The molecule has 0 radical (unpaired) electrons. The van der Waals surface area contributed by atoms with E-state index in [-0.39, 0.29) is 0 Å². The van der Waals surface area contributed by atoms with Crippen molar-refractivity contribution in [3.05, 3.63) is 29.8 Å². The number of hydrogen-bond donors (Lipinski definition) is 3. The zero-order chi connectivity index (χ0) is 20.2. The summed E-state index contributed by atoms with van der Waals surface area (Å²) in [5.74, 6) is 1.24. The molecule has 0 aromatic heterocycles. The SMILES string of the molecule is CCNC(=NCCCc1ccc(O)cc1)NC1CCN(CCOC(C)C)CC1. The van der Waals surface area contributed by atoms with Gasteiger partial charge in [0.1, 0.15) is 5.75 Å². The van der Waals surface area contributed by atoms with E-state index in [1.54, 1.807) is 12.1 Å². The third-order valence-corrected chi connectivity index (χ3v) is 4.96.